The van der Waals surface area contributed by atoms with Crippen molar-refractivity contribution in [2.24, 2.45) is 0 Å². The monoisotopic (exact) mass is 430 g/mol. The first-order valence-corrected chi connectivity index (χ1v) is 10.5. The topological polar surface area (TPSA) is 106 Å². The van der Waals surface area contributed by atoms with Crippen molar-refractivity contribution in [2.45, 2.75) is 18.2 Å². The van der Waals surface area contributed by atoms with Crippen LogP contribution in [0.25, 0.3) is 11.0 Å². The number of hydrogen-bond donors (Lipinski definition) is 1. The van der Waals surface area contributed by atoms with E-state index in [0.29, 0.717) is 16.5 Å². The van der Waals surface area contributed by atoms with Crippen LogP contribution in [0, 0.1) is 0 Å². The number of ketones is 1. The zero-order valence-corrected chi connectivity index (χ0v) is 17.9. The SMILES string of the molecule is COc1ccc(CC(C)=O)cc1S(=O)(=O)NC(=O)c1cc2ccc(N(C)C)cc2o1. The molecular formula is C21H22N2O6S. The molecule has 0 aliphatic carbocycles. The van der Waals surface area contributed by atoms with Crippen LogP contribution in [0.1, 0.15) is 23.0 Å². The van der Waals surface area contributed by atoms with Crippen LogP contribution >= 0.6 is 0 Å². The molecule has 1 aromatic heterocycles. The van der Waals surface area contributed by atoms with Crippen LogP contribution in [0.15, 0.2) is 51.8 Å². The van der Waals surface area contributed by atoms with Crippen molar-refractivity contribution in [3.8, 4) is 5.75 Å². The number of benzene rings is 2. The average Bonchev–Trinajstić information content (AvgIpc) is 3.10. The third kappa shape index (κ3) is 4.46. The number of carbonyl (C=O) groups is 2. The number of nitrogens with one attached hydrogen (secondary N) is 1. The van der Waals surface area contributed by atoms with Gasteiger partial charge in [-0.15, -0.1) is 0 Å². The third-order valence-corrected chi connectivity index (χ3v) is 5.79. The molecule has 2 aromatic carbocycles. The van der Waals surface area contributed by atoms with Gasteiger partial charge >= 0.3 is 5.91 Å². The quantitative estimate of drug-likeness (QED) is 0.614. The van der Waals surface area contributed by atoms with E-state index in [1.54, 1.807) is 18.2 Å². The molecule has 1 N–H and O–H groups in total. The number of carbonyl (C=O) groups excluding carboxylic acids is 2. The van der Waals surface area contributed by atoms with Crippen molar-refractivity contribution in [2.75, 3.05) is 26.1 Å². The molecule has 0 fully saturated rings. The fraction of sp³-hybridized carbons (Fsp3) is 0.238. The average molecular weight is 430 g/mol. The number of hydrogen-bond acceptors (Lipinski definition) is 7. The first-order chi connectivity index (χ1) is 14.1. The first kappa shape index (κ1) is 21.4. The van der Waals surface area contributed by atoms with Crippen molar-refractivity contribution in [1.29, 1.82) is 0 Å². The maximum Gasteiger partial charge on any atom is 0.300 e. The molecule has 30 heavy (non-hydrogen) atoms. The van der Waals surface area contributed by atoms with E-state index in [0.717, 1.165) is 5.69 Å². The van der Waals surface area contributed by atoms with Crippen molar-refractivity contribution in [1.82, 2.24) is 4.72 Å². The van der Waals surface area contributed by atoms with Gasteiger partial charge in [0.15, 0.2) is 5.76 Å². The smallest absolute Gasteiger partial charge is 0.300 e. The van der Waals surface area contributed by atoms with Gasteiger partial charge in [0.1, 0.15) is 22.0 Å². The number of Topliss-reactive ketones (excluding diaryl/α,β-unsaturated/α-hetero) is 1. The lowest BCUT2D eigenvalue weighted by Gasteiger charge is -2.11. The van der Waals surface area contributed by atoms with Gasteiger partial charge in [0.05, 0.1) is 7.11 Å². The normalized spacial score (nSPS) is 11.3. The highest BCUT2D eigenvalue weighted by atomic mass is 32.2. The maximum absolute atomic E-state index is 12.8. The predicted molar refractivity (Wildman–Crippen MR) is 113 cm³/mol. The first-order valence-electron chi connectivity index (χ1n) is 9.05. The van der Waals surface area contributed by atoms with Crippen LogP contribution in [0.4, 0.5) is 5.69 Å². The van der Waals surface area contributed by atoms with E-state index in [2.05, 4.69) is 0 Å². The Hall–Kier alpha value is -3.33. The van der Waals surface area contributed by atoms with E-state index < -0.39 is 15.9 Å². The molecule has 0 spiro atoms. The maximum atomic E-state index is 12.8. The number of rotatable bonds is 7. The summed E-state index contributed by atoms with van der Waals surface area (Å²) < 4.78 is 38.4. The molecule has 9 heteroatoms. The molecule has 3 rings (SSSR count). The van der Waals surface area contributed by atoms with E-state index in [9.17, 15) is 18.0 Å². The third-order valence-electron chi connectivity index (χ3n) is 4.44. The molecule has 1 heterocycles. The lowest BCUT2D eigenvalue weighted by molar-refractivity contribution is -0.116. The van der Waals surface area contributed by atoms with E-state index >= 15 is 0 Å². The Labute approximate surface area is 174 Å². The number of anilines is 1. The molecule has 3 aromatic rings. The second kappa shape index (κ2) is 8.19. The Balaban J connectivity index is 1.92. The standard InChI is InChI=1S/C21H22N2O6S/c1-13(24)9-14-5-8-17(28-4)20(10-14)30(26,27)22-21(25)19-11-15-6-7-16(23(2)3)12-18(15)29-19/h5-8,10-12H,9H2,1-4H3,(H,22,25). The molecule has 0 unspecified atom stereocenters. The zero-order valence-electron chi connectivity index (χ0n) is 17.1. The van der Waals surface area contributed by atoms with Gasteiger partial charge in [0.2, 0.25) is 0 Å². The van der Waals surface area contributed by atoms with Gasteiger partial charge in [-0.05, 0) is 42.8 Å². The molecule has 0 saturated heterocycles. The van der Waals surface area contributed by atoms with Gasteiger partial charge in [0, 0.05) is 37.7 Å². The minimum Gasteiger partial charge on any atom is -0.495 e. The van der Waals surface area contributed by atoms with Gasteiger partial charge in [-0.2, -0.15) is 0 Å². The van der Waals surface area contributed by atoms with Crippen LogP contribution in [0.3, 0.4) is 0 Å². The van der Waals surface area contributed by atoms with Crippen LogP contribution in [-0.2, 0) is 21.2 Å². The lowest BCUT2D eigenvalue weighted by Crippen LogP contribution is -2.30. The number of furan rings is 1. The fourth-order valence-corrected chi connectivity index (χ4v) is 4.14. The molecule has 1 amide bonds. The number of nitrogens with zero attached hydrogens (tertiary/aromatic N) is 1. The molecule has 0 aliphatic heterocycles. The Kier molecular flexibility index (Phi) is 5.84. The number of ether oxygens (including phenoxy) is 1. The highest BCUT2D eigenvalue weighted by Gasteiger charge is 2.25. The summed E-state index contributed by atoms with van der Waals surface area (Å²) in [5.41, 5.74) is 1.84. The molecule has 8 nitrogen and oxygen atoms in total. The summed E-state index contributed by atoms with van der Waals surface area (Å²) in [7, 11) is 0.796. The second-order valence-electron chi connectivity index (χ2n) is 7.03. The highest BCUT2D eigenvalue weighted by molar-refractivity contribution is 7.90. The van der Waals surface area contributed by atoms with E-state index in [1.165, 1.54) is 32.2 Å². The van der Waals surface area contributed by atoms with Gasteiger partial charge in [0.25, 0.3) is 10.0 Å². The summed E-state index contributed by atoms with van der Waals surface area (Å²) in [5.74, 6) is -1.10. The van der Waals surface area contributed by atoms with Crippen LogP contribution in [-0.4, -0.2) is 41.3 Å². The summed E-state index contributed by atoms with van der Waals surface area (Å²) in [6.07, 6.45) is 0.0677. The van der Waals surface area contributed by atoms with Gasteiger partial charge < -0.3 is 14.1 Å². The Bertz CT molecular complexity index is 1230. The second-order valence-corrected chi connectivity index (χ2v) is 8.68. The van der Waals surface area contributed by atoms with Crippen LogP contribution in [0.5, 0.6) is 5.75 Å². The van der Waals surface area contributed by atoms with Crippen molar-refractivity contribution >= 4 is 38.4 Å². The van der Waals surface area contributed by atoms with Crippen LogP contribution in [0.2, 0.25) is 0 Å². The molecule has 0 aliphatic rings. The number of fused-ring (bicyclic) bond motifs is 1. The van der Waals surface area contributed by atoms with Gasteiger partial charge in [-0.3, -0.25) is 9.59 Å². The minimum absolute atomic E-state index is 0.0582. The highest BCUT2D eigenvalue weighted by Crippen LogP contribution is 2.27. The van der Waals surface area contributed by atoms with E-state index in [1.807, 2.05) is 29.8 Å². The summed E-state index contributed by atoms with van der Waals surface area (Å²) in [6, 6.07) is 11.2. The van der Waals surface area contributed by atoms with Gasteiger partial charge in [-0.25, -0.2) is 13.1 Å². The summed E-state index contributed by atoms with van der Waals surface area (Å²) in [5, 5.41) is 0.671. The molecular weight excluding hydrogens is 408 g/mol. The minimum atomic E-state index is -4.27. The fourth-order valence-electron chi connectivity index (χ4n) is 2.97. The van der Waals surface area contributed by atoms with Crippen molar-refractivity contribution in [3.63, 3.8) is 0 Å². The predicted octanol–water partition coefficient (Wildman–Crippen LogP) is 2.76. The summed E-state index contributed by atoms with van der Waals surface area (Å²) in [4.78, 5) is 25.6. The number of sulfonamides is 1. The van der Waals surface area contributed by atoms with Crippen LogP contribution < -0.4 is 14.4 Å². The summed E-state index contributed by atoms with van der Waals surface area (Å²) in [6.45, 7) is 1.41. The molecule has 0 radical (unpaired) electrons. The van der Waals surface area contributed by atoms with Gasteiger partial charge in [-0.1, -0.05) is 6.07 Å². The lowest BCUT2D eigenvalue weighted by atomic mass is 10.1. The Morgan fingerprint density at radius 2 is 1.83 bits per heavy atom. The molecule has 0 bridgehead atoms. The molecule has 158 valence electrons. The largest absolute Gasteiger partial charge is 0.495 e. The number of amides is 1. The van der Waals surface area contributed by atoms with Crippen molar-refractivity contribution in [3.05, 3.63) is 53.8 Å². The van der Waals surface area contributed by atoms with Crippen molar-refractivity contribution < 1.29 is 27.2 Å². The molecule has 0 atom stereocenters. The molecule has 0 saturated carbocycles. The Morgan fingerprint density at radius 3 is 2.47 bits per heavy atom. The van der Waals surface area contributed by atoms with E-state index in [4.69, 9.17) is 9.15 Å². The zero-order chi connectivity index (χ0) is 22.1. The summed E-state index contributed by atoms with van der Waals surface area (Å²) >= 11 is 0. The Morgan fingerprint density at radius 1 is 1.10 bits per heavy atom. The number of methoxy groups -OCH3 is 1. The van der Waals surface area contributed by atoms with E-state index in [-0.39, 0.29) is 28.6 Å².